The van der Waals surface area contributed by atoms with Gasteiger partial charge in [0.05, 0.1) is 11.3 Å². The molecule has 1 aromatic heterocycles. The van der Waals surface area contributed by atoms with Crippen molar-refractivity contribution in [3.63, 3.8) is 0 Å². The summed E-state index contributed by atoms with van der Waals surface area (Å²) in [6.07, 6.45) is 1.79. The number of ether oxygens (including phenoxy) is 2. The van der Waals surface area contributed by atoms with Gasteiger partial charge in [-0.2, -0.15) is 5.10 Å². The van der Waals surface area contributed by atoms with E-state index in [0.717, 1.165) is 12.2 Å². The maximum atomic E-state index is 12.7. The van der Waals surface area contributed by atoms with Gasteiger partial charge < -0.3 is 14.8 Å². The minimum absolute atomic E-state index is 0.170. The van der Waals surface area contributed by atoms with Crippen LogP contribution >= 0.6 is 0 Å². The Kier molecular flexibility index (Phi) is 3.99. The molecule has 3 rings (SSSR count). The van der Waals surface area contributed by atoms with Crippen LogP contribution in [0.25, 0.3) is 0 Å². The second kappa shape index (κ2) is 5.85. The third kappa shape index (κ3) is 3.09. The summed E-state index contributed by atoms with van der Waals surface area (Å²) in [5, 5.41) is 7.40. The molecule has 0 aliphatic carbocycles. The number of carbonyl (C=O) groups excluding carboxylic acids is 1. The van der Waals surface area contributed by atoms with Crippen LogP contribution < -0.4 is 14.8 Å². The smallest absolute Gasteiger partial charge is 0.259 e. The average molecular weight is 329 g/mol. The highest BCUT2D eigenvalue weighted by Gasteiger charge is 2.31. The van der Waals surface area contributed by atoms with E-state index in [4.69, 9.17) is 9.47 Å². The second-order valence-electron chi connectivity index (χ2n) is 6.66. The molecule has 128 valence electrons. The number of amides is 1. The van der Waals surface area contributed by atoms with E-state index in [1.165, 1.54) is 0 Å². The van der Waals surface area contributed by atoms with Gasteiger partial charge in [0.1, 0.15) is 0 Å². The molecule has 0 spiro atoms. The lowest BCUT2D eigenvalue weighted by atomic mass is 10.1. The number of nitrogens with zero attached hydrogens (tertiary/aromatic N) is 2. The summed E-state index contributed by atoms with van der Waals surface area (Å²) in [4.78, 5) is 12.7. The van der Waals surface area contributed by atoms with Gasteiger partial charge in [-0.25, -0.2) is 0 Å². The van der Waals surface area contributed by atoms with Gasteiger partial charge in [-0.05, 0) is 25.0 Å². The third-order valence-corrected chi connectivity index (χ3v) is 3.82. The van der Waals surface area contributed by atoms with Crippen molar-refractivity contribution in [2.75, 3.05) is 5.32 Å². The summed E-state index contributed by atoms with van der Waals surface area (Å²) < 4.78 is 13.2. The molecule has 6 heteroatoms. The van der Waals surface area contributed by atoms with E-state index in [2.05, 4.69) is 10.4 Å². The number of rotatable bonds is 4. The van der Waals surface area contributed by atoms with Crippen molar-refractivity contribution in [2.45, 2.75) is 52.9 Å². The van der Waals surface area contributed by atoms with Crippen molar-refractivity contribution in [2.24, 2.45) is 0 Å². The normalized spacial score (nSPS) is 14.9. The molecule has 1 aromatic carbocycles. The molecule has 0 fully saturated rings. The molecule has 6 nitrogen and oxygen atoms in total. The predicted octanol–water partition coefficient (Wildman–Crippen LogP) is 3.79. The van der Waals surface area contributed by atoms with Gasteiger partial charge >= 0.3 is 0 Å². The minimum atomic E-state index is -0.682. The van der Waals surface area contributed by atoms with Gasteiger partial charge in [-0.1, -0.05) is 13.8 Å². The largest absolute Gasteiger partial charge is 0.449 e. The van der Waals surface area contributed by atoms with Gasteiger partial charge in [0.15, 0.2) is 11.5 Å². The molecule has 2 heterocycles. The fraction of sp³-hybridized carbons (Fsp3) is 0.444. The first kappa shape index (κ1) is 16.4. The number of hydrogen-bond acceptors (Lipinski definition) is 4. The van der Waals surface area contributed by atoms with E-state index in [1.807, 2.05) is 34.6 Å². The fourth-order valence-electron chi connectivity index (χ4n) is 2.70. The highest BCUT2D eigenvalue weighted by molar-refractivity contribution is 6.05. The van der Waals surface area contributed by atoms with Gasteiger partial charge in [0.25, 0.3) is 5.91 Å². The maximum absolute atomic E-state index is 12.7. The maximum Gasteiger partial charge on any atom is 0.259 e. The zero-order valence-electron chi connectivity index (χ0n) is 14.7. The summed E-state index contributed by atoms with van der Waals surface area (Å²) in [6, 6.07) is 5.39. The van der Waals surface area contributed by atoms with Crippen molar-refractivity contribution in [3.8, 4) is 11.5 Å². The fourth-order valence-corrected chi connectivity index (χ4v) is 2.70. The molecule has 1 aliphatic heterocycles. The number of hydrogen-bond donors (Lipinski definition) is 1. The average Bonchev–Trinajstić information content (AvgIpc) is 3.06. The number of carbonyl (C=O) groups is 1. The quantitative estimate of drug-likeness (QED) is 0.927. The first-order valence-corrected chi connectivity index (χ1v) is 8.20. The minimum Gasteiger partial charge on any atom is -0.449 e. The molecule has 2 aromatic rings. The standard InChI is InChI=1S/C18H23N3O3/c1-6-21-10-13(16(20-21)11(2)3)17(22)19-12-7-8-14-15(9-12)24-18(4,5)23-14/h7-11H,6H2,1-5H3,(H,19,22). The topological polar surface area (TPSA) is 65.4 Å². The highest BCUT2D eigenvalue weighted by atomic mass is 16.7. The summed E-state index contributed by atoms with van der Waals surface area (Å²) in [5.41, 5.74) is 2.07. The van der Waals surface area contributed by atoms with Crippen molar-refractivity contribution < 1.29 is 14.3 Å². The molecular formula is C18H23N3O3. The molecule has 0 unspecified atom stereocenters. The summed E-state index contributed by atoms with van der Waals surface area (Å²) >= 11 is 0. The Balaban J connectivity index is 1.83. The zero-order chi connectivity index (χ0) is 17.5. The summed E-state index contributed by atoms with van der Waals surface area (Å²) in [7, 11) is 0. The number of aromatic nitrogens is 2. The van der Waals surface area contributed by atoms with E-state index >= 15 is 0 Å². The van der Waals surface area contributed by atoms with Crippen molar-refractivity contribution in [1.82, 2.24) is 9.78 Å². The molecule has 0 saturated heterocycles. The van der Waals surface area contributed by atoms with Gasteiger partial charge in [0, 0.05) is 38.3 Å². The van der Waals surface area contributed by atoms with Crippen molar-refractivity contribution in [1.29, 1.82) is 0 Å². The summed E-state index contributed by atoms with van der Waals surface area (Å²) in [6.45, 7) is 10.5. The Morgan fingerprint density at radius 1 is 1.29 bits per heavy atom. The number of nitrogens with one attached hydrogen (secondary N) is 1. The van der Waals surface area contributed by atoms with Crippen LogP contribution in [0.1, 0.15) is 56.6 Å². The number of fused-ring (bicyclic) bond motifs is 1. The van der Waals surface area contributed by atoms with Crippen LogP contribution in [0.2, 0.25) is 0 Å². The molecule has 1 amide bonds. The lowest BCUT2D eigenvalue weighted by Gasteiger charge is -2.16. The first-order chi connectivity index (χ1) is 11.3. The molecule has 24 heavy (non-hydrogen) atoms. The monoisotopic (exact) mass is 329 g/mol. The van der Waals surface area contributed by atoms with Gasteiger partial charge in [0.2, 0.25) is 5.79 Å². The third-order valence-electron chi connectivity index (χ3n) is 3.82. The lowest BCUT2D eigenvalue weighted by molar-refractivity contribution is -0.0431. The van der Waals surface area contributed by atoms with Crippen LogP contribution in [-0.4, -0.2) is 21.5 Å². The van der Waals surface area contributed by atoms with Crippen molar-refractivity contribution in [3.05, 3.63) is 35.7 Å². The summed E-state index contributed by atoms with van der Waals surface area (Å²) in [5.74, 6) is 0.635. The molecular weight excluding hydrogens is 306 g/mol. The number of aryl methyl sites for hydroxylation is 1. The van der Waals surface area contributed by atoms with Crippen LogP contribution in [0.15, 0.2) is 24.4 Å². The SMILES string of the molecule is CCn1cc(C(=O)Nc2ccc3c(c2)OC(C)(C)O3)c(C(C)C)n1. The van der Waals surface area contributed by atoms with E-state index < -0.39 is 5.79 Å². The van der Waals surface area contributed by atoms with Crippen LogP contribution in [0.4, 0.5) is 5.69 Å². The molecule has 1 aliphatic rings. The van der Waals surface area contributed by atoms with Crippen LogP contribution in [0.5, 0.6) is 11.5 Å². The van der Waals surface area contributed by atoms with E-state index in [1.54, 1.807) is 29.1 Å². The Labute approximate surface area is 141 Å². The van der Waals surface area contributed by atoms with Crippen LogP contribution in [-0.2, 0) is 6.54 Å². The zero-order valence-corrected chi connectivity index (χ0v) is 14.7. The van der Waals surface area contributed by atoms with Crippen LogP contribution in [0.3, 0.4) is 0 Å². The second-order valence-corrected chi connectivity index (χ2v) is 6.66. The predicted molar refractivity (Wildman–Crippen MR) is 91.7 cm³/mol. The number of anilines is 1. The van der Waals surface area contributed by atoms with Crippen molar-refractivity contribution >= 4 is 11.6 Å². The Bertz CT molecular complexity index is 778. The Hall–Kier alpha value is -2.50. The number of benzene rings is 1. The first-order valence-electron chi connectivity index (χ1n) is 8.20. The van der Waals surface area contributed by atoms with Gasteiger partial charge in [-0.15, -0.1) is 0 Å². The van der Waals surface area contributed by atoms with E-state index in [-0.39, 0.29) is 11.8 Å². The molecule has 1 N–H and O–H groups in total. The van der Waals surface area contributed by atoms with E-state index in [0.29, 0.717) is 22.7 Å². The van der Waals surface area contributed by atoms with Crippen LogP contribution in [0, 0.1) is 0 Å². The lowest BCUT2D eigenvalue weighted by Crippen LogP contribution is -2.29. The molecule has 0 radical (unpaired) electrons. The Morgan fingerprint density at radius 3 is 2.67 bits per heavy atom. The molecule has 0 bridgehead atoms. The van der Waals surface area contributed by atoms with E-state index in [9.17, 15) is 4.79 Å². The highest BCUT2D eigenvalue weighted by Crippen LogP contribution is 2.40. The van der Waals surface area contributed by atoms with Gasteiger partial charge in [-0.3, -0.25) is 9.48 Å². The molecule has 0 atom stereocenters. The Morgan fingerprint density at radius 2 is 2.00 bits per heavy atom. The molecule has 0 saturated carbocycles.